The highest BCUT2D eigenvalue weighted by Gasteiger charge is 2.14. The van der Waals surface area contributed by atoms with Gasteiger partial charge >= 0.3 is 0 Å². The van der Waals surface area contributed by atoms with Crippen molar-refractivity contribution in [2.75, 3.05) is 13.1 Å². The fourth-order valence-electron chi connectivity index (χ4n) is 2.36. The summed E-state index contributed by atoms with van der Waals surface area (Å²) in [6.45, 7) is 1.81. The van der Waals surface area contributed by atoms with Gasteiger partial charge in [-0.2, -0.15) is 0 Å². The molecule has 0 saturated heterocycles. The number of rotatable bonds is 2. The van der Waals surface area contributed by atoms with E-state index in [1.165, 1.54) is 11.6 Å². The van der Waals surface area contributed by atoms with Crippen molar-refractivity contribution in [3.8, 4) is 0 Å². The van der Waals surface area contributed by atoms with Crippen LogP contribution in [0.1, 0.15) is 12.0 Å². The minimum Gasteiger partial charge on any atom is -0.361 e. The zero-order valence-corrected chi connectivity index (χ0v) is 9.77. The van der Waals surface area contributed by atoms with Crippen LogP contribution >= 0.6 is 0 Å². The van der Waals surface area contributed by atoms with Crippen molar-refractivity contribution >= 4 is 22.2 Å². The summed E-state index contributed by atoms with van der Waals surface area (Å²) in [5.74, 6) is 0. The monoisotopic (exact) mass is 243 g/mol. The Bertz CT molecular complexity index is 643. The van der Waals surface area contributed by atoms with E-state index in [0.29, 0.717) is 0 Å². The van der Waals surface area contributed by atoms with Gasteiger partial charge in [-0.05, 0) is 24.6 Å². The van der Waals surface area contributed by atoms with Gasteiger partial charge in [-0.15, -0.1) is 0 Å². The summed E-state index contributed by atoms with van der Waals surface area (Å²) in [7, 11) is 0. The van der Waals surface area contributed by atoms with E-state index >= 15 is 0 Å². The lowest BCUT2D eigenvalue weighted by Crippen LogP contribution is -2.19. The molecule has 0 spiro atoms. The number of non-ortho nitro benzene ring substituents is 1. The Balaban J connectivity index is 2.14. The maximum absolute atomic E-state index is 10.8. The second-order valence-corrected chi connectivity index (χ2v) is 4.37. The first-order chi connectivity index (χ1) is 8.75. The average Bonchev–Trinajstić information content (AvgIpc) is 2.82. The predicted molar refractivity (Wildman–Crippen MR) is 70.4 cm³/mol. The molecule has 18 heavy (non-hydrogen) atoms. The van der Waals surface area contributed by atoms with E-state index in [0.717, 1.165) is 36.0 Å². The number of nitro benzene ring substituents is 1. The molecule has 0 atom stereocenters. The van der Waals surface area contributed by atoms with E-state index in [9.17, 15) is 10.1 Å². The van der Waals surface area contributed by atoms with E-state index in [4.69, 9.17) is 0 Å². The maximum Gasteiger partial charge on any atom is 0.270 e. The summed E-state index contributed by atoms with van der Waals surface area (Å²) in [6.07, 6.45) is 5.03. The zero-order valence-electron chi connectivity index (χ0n) is 9.77. The second kappa shape index (κ2) is 4.27. The Labute approximate surface area is 104 Å². The summed E-state index contributed by atoms with van der Waals surface area (Å²) >= 11 is 0. The molecule has 2 aromatic rings. The third kappa shape index (κ3) is 1.78. The fourth-order valence-corrected chi connectivity index (χ4v) is 2.36. The first-order valence-corrected chi connectivity index (χ1v) is 5.91. The molecule has 1 aliphatic rings. The minimum atomic E-state index is -0.354. The molecule has 0 amide bonds. The standard InChI is InChI=1S/C13H13N3O2/c17-16(18)10-1-2-13-11(7-10)12(8-15-13)9-3-5-14-6-4-9/h1-3,7-8,14-15H,4-6H2. The van der Waals surface area contributed by atoms with Crippen molar-refractivity contribution in [1.29, 1.82) is 0 Å². The van der Waals surface area contributed by atoms with Crippen molar-refractivity contribution in [1.82, 2.24) is 10.3 Å². The number of H-pyrrole nitrogens is 1. The lowest BCUT2D eigenvalue weighted by atomic mass is 9.99. The van der Waals surface area contributed by atoms with Crippen LogP contribution in [-0.4, -0.2) is 23.0 Å². The van der Waals surface area contributed by atoms with Gasteiger partial charge in [0.25, 0.3) is 5.69 Å². The molecule has 3 rings (SSSR count). The van der Waals surface area contributed by atoms with E-state index in [1.807, 2.05) is 6.20 Å². The van der Waals surface area contributed by atoms with Crippen LogP contribution in [0.25, 0.3) is 16.5 Å². The van der Waals surface area contributed by atoms with Gasteiger partial charge in [-0.25, -0.2) is 0 Å². The molecule has 2 heterocycles. The first-order valence-electron chi connectivity index (χ1n) is 5.91. The zero-order chi connectivity index (χ0) is 12.5. The van der Waals surface area contributed by atoms with Crippen molar-refractivity contribution in [3.05, 3.63) is 46.1 Å². The molecule has 5 heteroatoms. The number of hydrogen-bond acceptors (Lipinski definition) is 3. The highest BCUT2D eigenvalue weighted by atomic mass is 16.6. The predicted octanol–water partition coefficient (Wildman–Crippen LogP) is 2.45. The number of fused-ring (bicyclic) bond motifs is 1. The number of nitro groups is 1. The Morgan fingerprint density at radius 1 is 1.33 bits per heavy atom. The molecule has 0 bridgehead atoms. The number of benzene rings is 1. The molecule has 0 radical (unpaired) electrons. The van der Waals surface area contributed by atoms with E-state index in [1.54, 1.807) is 12.1 Å². The van der Waals surface area contributed by atoms with Crippen LogP contribution in [-0.2, 0) is 0 Å². The van der Waals surface area contributed by atoms with E-state index in [2.05, 4.69) is 16.4 Å². The third-order valence-corrected chi connectivity index (χ3v) is 3.29. The quantitative estimate of drug-likeness (QED) is 0.628. The fraction of sp³-hybridized carbons (Fsp3) is 0.231. The molecule has 2 N–H and O–H groups in total. The molecule has 0 unspecified atom stereocenters. The van der Waals surface area contributed by atoms with Crippen molar-refractivity contribution < 1.29 is 4.92 Å². The Hall–Kier alpha value is -2.14. The molecule has 1 aliphatic heterocycles. The smallest absolute Gasteiger partial charge is 0.270 e. The average molecular weight is 243 g/mol. The van der Waals surface area contributed by atoms with Crippen molar-refractivity contribution in [2.24, 2.45) is 0 Å². The molecule has 1 aromatic heterocycles. The van der Waals surface area contributed by atoms with Crippen LogP contribution in [0.3, 0.4) is 0 Å². The summed E-state index contributed by atoms with van der Waals surface area (Å²) < 4.78 is 0. The SMILES string of the molecule is O=[N+]([O-])c1ccc2[nH]cc(C3=CCNCC3)c2c1. The van der Waals surface area contributed by atoms with Gasteiger partial charge in [0.05, 0.1) is 4.92 Å². The van der Waals surface area contributed by atoms with Crippen LogP contribution in [0.2, 0.25) is 0 Å². The largest absolute Gasteiger partial charge is 0.361 e. The molecule has 92 valence electrons. The number of aromatic amines is 1. The lowest BCUT2D eigenvalue weighted by molar-refractivity contribution is -0.384. The molecule has 0 aliphatic carbocycles. The Kier molecular flexibility index (Phi) is 2.60. The van der Waals surface area contributed by atoms with Crippen LogP contribution < -0.4 is 5.32 Å². The first kappa shape index (κ1) is 11.0. The molecule has 5 nitrogen and oxygen atoms in total. The number of nitrogens with zero attached hydrogens (tertiary/aromatic N) is 1. The van der Waals surface area contributed by atoms with Gasteiger partial charge in [-0.3, -0.25) is 10.1 Å². The van der Waals surface area contributed by atoms with Gasteiger partial charge in [0.2, 0.25) is 0 Å². The molecule has 0 fully saturated rings. The van der Waals surface area contributed by atoms with Gasteiger partial charge in [-0.1, -0.05) is 6.08 Å². The number of hydrogen-bond donors (Lipinski definition) is 2. The number of nitrogens with one attached hydrogen (secondary N) is 2. The topological polar surface area (TPSA) is 71.0 Å². The molecule has 0 saturated carbocycles. The van der Waals surface area contributed by atoms with Gasteiger partial charge in [0, 0.05) is 41.3 Å². The normalized spacial score (nSPS) is 15.7. The number of aromatic nitrogens is 1. The van der Waals surface area contributed by atoms with Gasteiger partial charge < -0.3 is 10.3 Å². The highest BCUT2D eigenvalue weighted by Crippen LogP contribution is 2.30. The summed E-state index contributed by atoms with van der Waals surface area (Å²) in [5.41, 5.74) is 3.41. The molecule has 1 aromatic carbocycles. The third-order valence-electron chi connectivity index (χ3n) is 3.29. The lowest BCUT2D eigenvalue weighted by Gasteiger charge is -2.13. The minimum absolute atomic E-state index is 0.137. The van der Waals surface area contributed by atoms with Crippen LogP contribution in [0.5, 0.6) is 0 Å². The van der Waals surface area contributed by atoms with Gasteiger partial charge in [0.1, 0.15) is 0 Å². The molecular weight excluding hydrogens is 230 g/mol. The van der Waals surface area contributed by atoms with Crippen LogP contribution in [0, 0.1) is 10.1 Å². The molecular formula is C13H13N3O2. The summed E-state index contributed by atoms with van der Waals surface area (Å²) in [6, 6.07) is 4.93. The Morgan fingerprint density at radius 3 is 2.94 bits per heavy atom. The van der Waals surface area contributed by atoms with E-state index in [-0.39, 0.29) is 10.6 Å². The summed E-state index contributed by atoms with van der Waals surface area (Å²) in [5, 5.41) is 15.0. The van der Waals surface area contributed by atoms with Crippen molar-refractivity contribution in [3.63, 3.8) is 0 Å². The summed E-state index contributed by atoms with van der Waals surface area (Å²) in [4.78, 5) is 13.6. The highest BCUT2D eigenvalue weighted by molar-refractivity contribution is 5.94. The van der Waals surface area contributed by atoms with Crippen LogP contribution in [0.4, 0.5) is 5.69 Å². The Morgan fingerprint density at radius 2 is 2.22 bits per heavy atom. The van der Waals surface area contributed by atoms with Gasteiger partial charge in [0.15, 0.2) is 0 Å². The second-order valence-electron chi connectivity index (χ2n) is 4.37. The van der Waals surface area contributed by atoms with Crippen molar-refractivity contribution in [2.45, 2.75) is 6.42 Å². The van der Waals surface area contributed by atoms with E-state index < -0.39 is 0 Å². The van der Waals surface area contributed by atoms with Crippen LogP contribution in [0.15, 0.2) is 30.5 Å². The maximum atomic E-state index is 10.8.